The molecule has 0 aromatic heterocycles. The summed E-state index contributed by atoms with van der Waals surface area (Å²) in [5.74, 6) is 1.35. The Labute approximate surface area is 136 Å². The Bertz CT molecular complexity index is 342. The summed E-state index contributed by atoms with van der Waals surface area (Å²) in [6.45, 7) is 16.8. The topological polar surface area (TPSA) is 26.8 Å². The predicted molar refractivity (Wildman–Crippen MR) is 91.9 cm³/mol. The Balaban J connectivity index is 1.69. The quantitative estimate of drug-likeness (QED) is 0.780. The van der Waals surface area contributed by atoms with E-state index in [2.05, 4.69) is 42.4 Å². The molecule has 2 aliphatic rings. The smallest absolute Gasteiger partial charge is 0.225 e. The molecule has 2 aliphatic heterocycles. The number of carbonyl (C=O) groups excluding carboxylic acids is 1. The van der Waals surface area contributed by atoms with Crippen LogP contribution >= 0.6 is 0 Å². The summed E-state index contributed by atoms with van der Waals surface area (Å²) >= 11 is 0. The van der Waals surface area contributed by atoms with Gasteiger partial charge in [0, 0.05) is 57.8 Å². The van der Waals surface area contributed by atoms with Gasteiger partial charge in [-0.3, -0.25) is 9.69 Å². The molecule has 0 aromatic carbocycles. The molecule has 0 N–H and O–H groups in total. The molecule has 4 heteroatoms. The summed E-state index contributed by atoms with van der Waals surface area (Å²) < 4.78 is 0. The average molecular weight is 309 g/mol. The number of nitrogens with zero attached hydrogens (tertiary/aromatic N) is 3. The highest BCUT2D eigenvalue weighted by atomic mass is 16.2. The lowest BCUT2D eigenvalue weighted by Gasteiger charge is -2.40. The zero-order valence-corrected chi connectivity index (χ0v) is 15.1. The Morgan fingerprint density at radius 2 is 1.59 bits per heavy atom. The molecule has 22 heavy (non-hydrogen) atoms. The minimum atomic E-state index is 0.195. The summed E-state index contributed by atoms with van der Waals surface area (Å²) in [6, 6.07) is 0.678. The van der Waals surface area contributed by atoms with Crippen LogP contribution in [0, 0.1) is 11.8 Å². The van der Waals surface area contributed by atoms with E-state index in [1.807, 2.05) is 0 Å². The van der Waals surface area contributed by atoms with Crippen LogP contribution in [0.3, 0.4) is 0 Å². The van der Waals surface area contributed by atoms with Crippen LogP contribution in [0.25, 0.3) is 0 Å². The van der Waals surface area contributed by atoms with Crippen LogP contribution in [0.1, 0.15) is 47.0 Å². The van der Waals surface area contributed by atoms with Crippen LogP contribution in [0.15, 0.2) is 0 Å². The van der Waals surface area contributed by atoms with Crippen molar-refractivity contribution in [2.75, 3.05) is 45.8 Å². The van der Waals surface area contributed by atoms with Crippen molar-refractivity contribution < 1.29 is 4.79 Å². The Morgan fingerprint density at radius 1 is 1.00 bits per heavy atom. The lowest BCUT2D eigenvalue weighted by atomic mass is 9.94. The Hall–Kier alpha value is -0.610. The minimum Gasteiger partial charge on any atom is -0.342 e. The highest BCUT2D eigenvalue weighted by Crippen LogP contribution is 2.21. The molecule has 2 heterocycles. The van der Waals surface area contributed by atoms with Gasteiger partial charge >= 0.3 is 0 Å². The van der Waals surface area contributed by atoms with Crippen LogP contribution in [-0.2, 0) is 4.79 Å². The van der Waals surface area contributed by atoms with Crippen LogP contribution < -0.4 is 0 Å². The second-order valence-electron chi connectivity index (χ2n) is 7.51. The molecule has 1 amide bonds. The average Bonchev–Trinajstić information content (AvgIpc) is 2.54. The molecule has 0 saturated carbocycles. The van der Waals surface area contributed by atoms with Gasteiger partial charge in [0.15, 0.2) is 0 Å². The fourth-order valence-corrected chi connectivity index (χ4v) is 3.65. The molecule has 0 spiro atoms. The fraction of sp³-hybridized carbons (Fsp3) is 0.944. The molecule has 1 atom stereocenters. The fourth-order valence-electron chi connectivity index (χ4n) is 3.65. The maximum absolute atomic E-state index is 12.2. The summed E-state index contributed by atoms with van der Waals surface area (Å²) in [6.07, 6.45) is 3.33. The van der Waals surface area contributed by atoms with Crippen LogP contribution in [-0.4, -0.2) is 72.5 Å². The molecule has 2 rings (SSSR count). The second kappa shape index (κ2) is 8.30. The van der Waals surface area contributed by atoms with Crippen molar-refractivity contribution in [3.8, 4) is 0 Å². The van der Waals surface area contributed by atoms with Crippen LogP contribution in [0.4, 0.5) is 0 Å². The van der Waals surface area contributed by atoms with E-state index in [1.54, 1.807) is 0 Å². The maximum Gasteiger partial charge on any atom is 0.225 e. The van der Waals surface area contributed by atoms with Gasteiger partial charge in [0.05, 0.1) is 0 Å². The summed E-state index contributed by atoms with van der Waals surface area (Å²) in [5, 5.41) is 0. The molecule has 2 saturated heterocycles. The minimum absolute atomic E-state index is 0.195. The zero-order chi connectivity index (χ0) is 16.1. The van der Waals surface area contributed by atoms with Crippen molar-refractivity contribution in [1.29, 1.82) is 0 Å². The first-order valence-corrected chi connectivity index (χ1v) is 9.26. The van der Waals surface area contributed by atoms with Crippen molar-refractivity contribution >= 4 is 5.91 Å². The van der Waals surface area contributed by atoms with Gasteiger partial charge in [0.25, 0.3) is 0 Å². The van der Waals surface area contributed by atoms with Gasteiger partial charge in [-0.05, 0) is 39.0 Å². The van der Waals surface area contributed by atoms with E-state index in [1.165, 1.54) is 45.6 Å². The van der Waals surface area contributed by atoms with E-state index in [0.717, 1.165) is 25.4 Å². The van der Waals surface area contributed by atoms with Crippen molar-refractivity contribution in [3.05, 3.63) is 0 Å². The molecule has 0 aliphatic carbocycles. The predicted octanol–water partition coefficient (Wildman–Crippen LogP) is 2.30. The third-order valence-electron chi connectivity index (χ3n) is 5.61. The molecule has 1 unspecified atom stereocenters. The normalized spacial score (nSPS) is 24.0. The monoisotopic (exact) mass is 309 g/mol. The van der Waals surface area contributed by atoms with Crippen LogP contribution in [0.2, 0.25) is 0 Å². The van der Waals surface area contributed by atoms with Crippen molar-refractivity contribution in [1.82, 2.24) is 14.7 Å². The Morgan fingerprint density at radius 3 is 2.09 bits per heavy atom. The van der Waals surface area contributed by atoms with E-state index in [-0.39, 0.29) is 5.92 Å². The molecule has 0 radical (unpaired) electrons. The summed E-state index contributed by atoms with van der Waals surface area (Å²) in [5.41, 5.74) is 0. The standard InChI is InChI=1S/C18H35N3O/c1-5-16(4)18(22)21-8-6-17(7-9-21)14-19-10-12-20(13-11-19)15(2)3/h15-17H,5-14H2,1-4H3. The molecule has 4 nitrogen and oxygen atoms in total. The lowest BCUT2D eigenvalue weighted by molar-refractivity contribution is -0.136. The van der Waals surface area contributed by atoms with Gasteiger partial charge in [-0.25, -0.2) is 0 Å². The first-order chi connectivity index (χ1) is 10.5. The third kappa shape index (κ3) is 4.69. The van der Waals surface area contributed by atoms with Gasteiger partial charge in [0.1, 0.15) is 0 Å². The molecular weight excluding hydrogens is 274 g/mol. The first-order valence-electron chi connectivity index (χ1n) is 9.26. The van der Waals surface area contributed by atoms with E-state index < -0.39 is 0 Å². The third-order valence-corrected chi connectivity index (χ3v) is 5.61. The summed E-state index contributed by atoms with van der Waals surface area (Å²) in [7, 11) is 0. The number of piperidine rings is 1. The number of hydrogen-bond acceptors (Lipinski definition) is 3. The highest BCUT2D eigenvalue weighted by molar-refractivity contribution is 5.78. The Kier molecular flexibility index (Phi) is 6.69. The number of piperazine rings is 1. The molecular formula is C18H35N3O. The van der Waals surface area contributed by atoms with E-state index >= 15 is 0 Å². The van der Waals surface area contributed by atoms with E-state index in [9.17, 15) is 4.79 Å². The first kappa shape index (κ1) is 17.7. The number of amides is 1. The highest BCUT2D eigenvalue weighted by Gasteiger charge is 2.27. The molecule has 0 aromatic rings. The molecule has 2 fully saturated rings. The van der Waals surface area contributed by atoms with Crippen molar-refractivity contribution in [2.45, 2.75) is 53.0 Å². The number of likely N-dealkylation sites (tertiary alicyclic amines) is 1. The van der Waals surface area contributed by atoms with Gasteiger partial charge < -0.3 is 9.80 Å². The lowest BCUT2D eigenvalue weighted by Crippen LogP contribution is -2.51. The van der Waals surface area contributed by atoms with Crippen molar-refractivity contribution in [2.24, 2.45) is 11.8 Å². The molecule has 128 valence electrons. The SMILES string of the molecule is CCC(C)C(=O)N1CCC(CN2CCN(C(C)C)CC2)CC1. The molecule has 0 bridgehead atoms. The maximum atomic E-state index is 12.2. The number of rotatable bonds is 5. The van der Waals surface area contributed by atoms with Crippen molar-refractivity contribution in [3.63, 3.8) is 0 Å². The second-order valence-corrected chi connectivity index (χ2v) is 7.51. The van der Waals surface area contributed by atoms with Gasteiger partial charge in [-0.1, -0.05) is 13.8 Å². The summed E-state index contributed by atoms with van der Waals surface area (Å²) in [4.78, 5) is 19.5. The van der Waals surface area contributed by atoms with E-state index in [4.69, 9.17) is 0 Å². The van der Waals surface area contributed by atoms with Gasteiger partial charge in [0.2, 0.25) is 5.91 Å². The van der Waals surface area contributed by atoms with E-state index in [0.29, 0.717) is 11.9 Å². The largest absolute Gasteiger partial charge is 0.342 e. The van der Waals surface area contributed by atoms with Crippen LogP contribution in [0.5, 0.6) is 0 Å². The number of hydrogen-bond donors (Lipinski definition) is 0. The zero-order valence-electron chi connectivity index (χ0n) is 15.1. The number of carbonyl (C=O) groups is 1. The van der Waals surface area contributed by atoms with Gasteiger partial charge in [-0.2, -0.15) is 0 Å². The van der Waals surface area contributed by atoms with Gasteiger partial charge in [-0.15, -0.1) is 0 Å².